The molecular weight excluding hydrogens is 223 g/mol. The zero-order valence-electron chi connectivity index (χ0n) is 7.03. The van der Waals surface area contributed by atoms with E-state index in [1.807, 2.05) is 0 Å². The molecule has 9 heteroatoms. The van der Waals surface area contributed by atoms with Gasteiger partial charge in [-0.05, 0) is 6.92 Å². The van der Waals surface area contributed by atoms with Crippen molar-refractivity contribution in [2.75, 3.05) is 13.1 Å². The summed E-state index contributed by atoms with van der Waals surface area (Å²) in [6.07, 6.45) is 1.31. The van der Waals surface area contributed by atoms with Gasteiger partial charge < -0.3 is 10.0 Å². The van der Waals surface area contributed by atoms with Crippen LogP contribution in [0.2, 0.25) is 0 Å². The van der Waals surface area contributed by atoms with E-state index in [2.05, 4.69) is 4.99 Å². The first-order chi connectivity index (χ1) is 5.80. The predicted octanol–water partition coefficient (Wildman–Crippen LogP) is -1.63. The molecule has 3 N–H and O–H groups in total. The topological polar surface area (TPSA) is 110 Å². The van der Waals surface area contributed by atoms with Crippen LogP contribution in [0.5, 0.6) is 0 Å². The van der Waals surface area contributed by atoms with Gasteiger partial charge in [-0.25, -0.2) is 0 Å². The Hall–Kier alpha value is 0.300. The van der Waals surface area contributed by atoms with Crippen molar-refractivity contribution in [1.82, 2.24) is 4.90 Å². The molecule has 0 aromatic rings. The molecule has 0 aromatic carbocycles. The molecule has 1 rings (SSSR count). The third-order valence-electron chi connectivity index (χ3n) is 1.20. The first-order valence-electron chi connectivity index (χ1n) is 3.44. The summed E-state index contributed by atoms with van der Waals surface area (Å²) in [5.74, 6) is 0. The van der Waals surface area contributed by atoms with E-state index in [0.29, 0.717) is 0 Å². The molecular formula is C5H13N2NaO5S. The Morgan fingerprint density at radius 2 is 1.93 bits per heavy atom. The number of hydrogen-bond acceptors (Lipinski definition) is 5. The van der Waals surface area contributed by atoms with Crippen LogP contribution < -0.4 is 0 Å². The second-order valence-corrected chi connectivity index (χ2v) is 3.23. The van der Waals surface area contributed by atoms with Gasteiger partial charge in [-0.2, -0.15) is 8.42 Å². The first-order valence-corrected chi connectivity index (χ1v) is 4.84. The monoisotopic (exact) mass is 236 g/mol. The quantitative estimate of drug-likeness (QED) is 0.372. The molecule has 80 valence electrons. The van der Waals surface area contributed by atoms with Crippen LogP contribution in [0.4, 0.5) is 0 Å². The van der Waals surface area contributed by atoms with Crippen molar-refractivity contribution in [1.29, 1.82) is 0 Å². The number of aliphatic hydroxyl groups is 1. The third kappa shape index (κ3) is 12.3. The van der Waals surface area contributed by atoms with Crippen LogP contribution >= 0.6 is 0 Å². The molecule has 0 amide bonds. The first kappa shape index (κ1) is 16.7. The van der Waals surface area contributed by atoms with Crippen LogP contribution in [0, 0.1) is 0 Å². The molecule has 7 nitrogen and oxygen atoms in total. The van der Waals surface area contributed by atoms with Crippen LogP contribution in [-0.4, -0.2) is 82.7 Å². The molecule has 14 heavy (non-hydrogen) atoms. The van der Waals surface area contributed by atoms with Crippen molar-refractivity contribution in [2.24, 2.45) is 4.99 Å². The molecule has 0 fully saturated rings. The standard InChI is InChI=1S/C5H10N2O.Na.H2O4S.H/c1-5(8)7-3-2-6-4-7;;1-5(2,3)4;/h4-5,8H,2-3H2,1H3;;(H2,1,2,3,4);. The minimum atomic E-state index is -4.67. The van der Waals surface area contributed by atoms with E-state index in [1.165, 1.54) is 0 Å². The predicted molar refractivity (Wildman–Crippen MR) is 53.1 cm³/mol. The maximum absolute atomic E-state index is 8.89. The summed E-state index contributed by atoms with van der Waals surface area (Å²) >= 11 is 0. The summed E-state index contributed by atoms with van der Waals surface area (Å²) in [5, 5.41) is 8.89. The fourth-order valence-corrected chi connectivity index (χ4v) is 0.677. The Kier molecular flexibility index (Phi) is 9.04. The van der Waals surface area contributed by atoms with Gasteiger partial charge in [-0.3, -0.25) is 14.1 Å². The third-order valence-corrected chi connectivity index (χ3v) is 1.20. The Labute approximate surface area is 105 Å². The second kappa shape index (κ2) is 7.57. The van der Waals surface area contributed by atoms with Gasteiger partial charge in [0.25, 0.3) is 0 Å². The zero-order chi connectivity index (χ0) is 10.5. The van der Waals surface area contributed by atoms with E-state index in [0.717, 1.165) is 13.1 Å². The molecule has 0 saturated carbocycles. The molecule has 0 saturated heterocycles. The molecule has 1 aliphatic heterocycles. The fraction of sp³-hybridized carbons (Fsp3) is 0.800. The van der Waals surface area contributed by atoms with Gasteiger partial charge >= 0.3 is 40.0 Å². The second-order valence-electron chi connectivity index (χ2n) is 2.34. The number of rotatable bonds is 1. The number of hydrogen-bond donors (Lipinski definition) is 3. The summed E-state index contributed by atoms with van der Waals surface area (Å²) in [7, 11) is -4.67. The normalized spacial score (nSPS) is 16.7. The number of aliphatic imine (C=N–C) groups is 1. The van der Waals surface area contributed by atoms with Crippen LogP contribution in [0.25, 0.3) is 0 Å². The van der Waals surface area contributed by atoms with Gasteiger partial charge in [0, 0.05) is 6.54 Å². The molecule has 1 unspecified atom stereocenters. The summed E-state index contributed by atoms with van der Waals surface area (Å²) in [5.41, 5.74) is 0. The van der Waals surface area contributed by atoms with Crippen LogP contribution in [0.15, 0.2) is 4.99 Å². The van der Waals surface area contributed by atoms with Crippen molar-refractivity contribution in [2.45, 2.75) is 13.2 Å². The van der Waals surface area contributed by atoms with Gasteiger partial charge in [0.05, 0.1) is 12.9 Å². The molecule has 1 aliphatic rings. The van der Waals surface area contributed by atoms with E-state index in [4.69, 9.17) is 22.6 Å². The SMILES string of the molecule is CC(O)N1C=NCC1.O=S(=O)(O)O.[NaH]. The Morgan fingerprint density at radius 3 is 2.07 bits per heavy atom. The number of aliphatic hydroxyl groups excluding tert-OH is 1. The van der Waals surface area contributed by atoms with Crippen molar-refractivity contribution in [3.8, 4) is 0 Å². The van der Waals surface area contributed by atoms with E-state index in [1.54, 1.807) is 18.2 Å². The van der Waals surface area contributed by atoms with E-state index in [9.17, 15) is 0 Å². The van der Waals surface area contributed by atoms with Crippen molar-refractivity contribution in [3.63, 3.8) is 0 Å². The molecule has 0 radical (unpaired) electrons. The Balaban J connectivity index is 0. The molecule has 0 aromatic heterocycles. The van der Waals surface area contributed by atoms with E-state index in [-0.39, 0.29) is 35.8 Å². The van der Waals surface area contributed by atoms with Gasteiger partial charge in [-0.1, -0.05) is 0 Å². The van der Waals surface area contributed by atoms with Crippen molar-refractivity contribution in [3.05, 3.63) is 0 Å². The minimum absolute atomic E-state index is 0. The van der Waals surface area contributed by atoms with Crippen molar-refractivity contribution >= 4 is 46.3 Å². The average molecular weight is 236 g/mol. The van der Waals surface area contributed by atoms with Crippen LogP contribution in [0.3, 0.4) is 0 Å². The summed E-state index contributed by atoms with van der Waals surface area (Å²) < 4.78 is 31.6. The van der Waals surface area contributed by atoms with Gasteiger partial charge in [0.15, 0.2) is 0 Å². The van der Waals surface area contributed by atoms with Crippen molar-refractivity contribution < 1.29 is 22.6 Å². The van der Waals surface area contributed by atoms with E-state index < -0.39 is 10.4 Å². The zero-order valence-corrected chi connectivity index (χ0v) is 7.85. The molecule has 1 atom stereocenters. The fourth-order valence-electron chi connectivity index (χ4n) is 0.677. The van der Waals surface area contributed by atoms with Gasteiger partial charge in [0.1, 0.15) is 6.23 Å². The Morgan fingerprint density at radius 1 is 1.50 bits per heavy atom. The summed E-state index contributed by atoms with van der Waals surface area (Å²) in [6.45, 7) is 3.42. The van der Waals surface area contributed by atoms with Gasteiger partial charge in [0.2, 0.25) is 0 Å². The summed E-state index contributed by atoms with van der Waals surface area (Å²) in [6, 6.07) is 0. The molecule has 1 heterocycles. The van der Waals surface area contributed by atoms with Gasteiger partial charge in [-0.15, -0.1) is 0 Å². The molecule has 0 spiro atoms. The van der Waals surface area contributed by atoms with Crippen LogP contribution in [0.1, 0.15) is 6.92 Å². The molecule has 0 bridgehead atoms. The van der Waals surface area contributed by atoms with Crippen LogP contribution in [-0.2, 0) is 10.4 Å². The average Bonchev–Trinajstić information content (AvgIpc) is 2.31. The van der Waals surface area contributed by atoms with E-state index >= 15 is 0 Å². The Bertz CT molecular complexity index is 257. The summed E-state index contributed by atoms with van der Waals surface area (Å²) in [4.78, 5) is 5.72. The molecule has 0 aliphatic carbocycles. The maximum atomic E-state index is 8.89. The number of nitrogens with zero attached hydrogens (tertiary/aromatic N) is 2.